The molecule has 0 aromatic heterocycles. The number of esters is 6. The summed E-state index contributed by atoms with van der Waals surface area (Å²) in [4.78, 5) is 169. The first-order chi connectivity index (χ1) is 41.5. The molecule has 2 aliphatic rings. The summed E-state index contributed by atoms with van der Waals surface area (Å²) in [5.74, 6) is -15.9. The number of phenolic OH excluding ortho intramolecular Hbond substituents is 1. The zero-order valence-corrected chi connectivity index (χ0v) is 55.0. The van der Waals surface area contributed by atoms with Crippen molar-refractivity contribution in [2.75, 3.05) is 0 Å². The fourth-order valence-corrected chi connectivity index (χ4v) is 9.88. The molecule has 1 saturated heterocycles. The maximum atomic E-state index is 14.5. The third kappa shape index (κ3) is 24.5. The van der Waals surface area contributed by atoms with Crippen LogP contribution in [0.3, 0.4) is 0 Å². The van der Waals surface area contributed by atoms with Crippen LogP contribution >= 0.6 is 0 Å². The van der Waals surface area contributed by atoms with Gasteiger partial charge in [-0.2, -0.15) is 0 Å². The highest BCUT2D eigenvalue weighted by Crippen LogP contribution is 2.29. The topological polar surface area (TPSA) is 353 Å². The molecule has 6 amide bonds. The lowest BCUT2D eigenvalue weighted by Gasteiger charge is -2.30. The fraction of sp³-hybridized carbons (Fsp3) is 0.719. The number of cyclic esters (lactones) is 6. The standard InChI is InChI=1S/C64H100N6O19/c1-31(2)27-45-56(75)68-48(33(5)6)60(79)84-38(15)53(72)65-44(29-42-23-25-43(71)26-24-42)59(78)87-47(30-41-21-19-18-20-22-41)58(77)70-50(35(9)10)62(81)86-40(17)55(74)67-52(37(13)14)64(83)89-46(28-32(3)4)57(76)69-49(34(7)8)61(80)85-39(16)54(73)66-51(36(11)12)63(82)88-45/h23-26,31-41,44-52,71H,18-22,27-30H2,1-17H3,(H,65,72)(H,66,73)(H,67,74)(H,68,75)(H,69,76)(H,70,77)/t38-,39-,40-,44-,45+,46+,47+,48+,49+,50+,51-,52-/m0/s1. The normalized spacial score (nSPS) is 27.8. The molecule has 1 aromatic rings. The van der Waals surface area contributed by atoms with Crippen molar-refractivity contribution in [3.05, 3.63) is 29.8 Å². The lowest BCUT2D eigenvalue weighted by atomic mass is 9.85. The van der Waals surface area contributed by atoms with E-state index < -0.39 is 174 Å². The molecule has 0 spiro atoms. The van der Waals surface area contributed by atoms with E-state index in [1.54, 1.807) is 96.9 Å². The number of nitrogens with one attached hydrogen (secondary N) is 6. The summed E-state index contributed by atoms with van der Waals surface area (Å²) in [7, 11) is 0. The first-order valence-corrected chi connectivity index (χ1v) is 31.3. The van der Waals surface area contributed by atoms with E-state index in [1.807, 2.05) is 0 Å². The predicted molar refractivity (Wildman–Crippen MR) is 324 cm³/mol. The van der Waals surface area contributed by atoms with Crippen LogP contribution in [0, 0.1) is 47.3 Å². The third-order valence-electron chi connectivity index (χ3n) is 15.4. The van der Waals surface area contributed by atoms with Crippen LogP contribution in [-0.2, 0) is 92.4 Å². The predicted octanol–water partition coefficient (Wildman–Crippen LogP) is 4.73. The zero-order valence-electron chi connectivity index (χ0n) is 55.0. The van der Waals surface area contributed by atoms with Crippen molar-refractivity contribution in [2.24, 2.45) is 47.3 Å². The molecule has 1 aliphatic heterocycles. The molecule has 2 fully saturated rings. The van der Waals surface area contributed by atoms with Gasteiger partial charge < -0.3 is 65.4 Å². The van der Waals surface area contributed by atoms with Gasteiger partial charge >= 0.3 is 35.8 Å². The highest BCUT2D eigenvalue weighted by atomic mass is 16.6. The minimum atomic E-state index is -1.63. The average molecular weight is 1260 g/mol. The van der Waals surface area contributed by atoms with Gasteiger partial charge in [0.15, 0.2) is 36.6 Å². The van der Waals surface area contributed by atoms with Gasteiger partial charge in [0.25, 0.3) is 35.4 Å². The Kier molecular flexibility index (Phi) is 30.5. The number of amides is 6. The molecule has 12 atom stereocenters. The Morgan fingerprint density at radius 2 is 0.674 bits per heavy atom. The minimum Gasteiger partial charge on any atom is -0.508 e. The fourth-order valence-electron chi connectivity index (χ4n) is 9.88. The van der Waals surface area contributed by atoms with Crippen molar-refractivity contribution in [3.8, 4) is 5.75 Å². The molecule has 89 heavy (non-hydrogen) atoms. The molecule has 0 radical (unpaired) electrons. The number of phenols is 1. The van der Waals surface area contributed by atoms with Crippen LogP contribution in [0.5, 0.6) is 5.75 Å². The van der Waals surface area contributed by atoms with Crippen LogP contribution in [0.2, 0.25) is 0 Å². The maximum Gasteiger partial charge on any atom is 0.329 e. The SMILES string of the molecule is CC(C)C[C@H]1OC(=O)[C@H](C(C)C)NC(=O)[C@H](C)OC(=O)[C@@H](C(C)C)NC(=O)[C@@H](CC(C)C)OC(=O)[C@H](C(C)C)NC(=O)[C@H](C)OC(=O)[C@@H](C(C)C)NC(=O)[C@@H](CC2CCCCC2)OC(=O)[C@H](Cc2ccc(O)cc2)NC(=O)[C@H](C)OC(=O)[C@@H](C(C)C)NC1=O. The number of hydrogen-bond acceptors (Lipinski definition) is 19. The Morgan fingerprint density at radius 1 is 0.382 bits per heavy atom. The van der Waals surface area contributed by atoms with Crippen LogP contribution < -0.4 is 31.9 Å². The first kappa shape index (κ1) is 75.9. The molecule has 0 bridgehead atoms. The Hall–Kier alpha value is -7.34. The van der Waals surface area contributed by atoms with Gasteiger partial charge in [0.2, 0.25) is 0 Å². The highest BCUT2D eigenvalue weighted by molar-refractivity contribution is 5.96. The lowest BCUT2D eigenvalue weighted by Crippen LogP contribution is -2.55. The van der Waals surface area contributed by atoms with Gasteiger partial charge in [0, 0.05) is 6.42 Å². The molecule has 0 unspecified atom stereocenters. The molecule has 7 N–H and O–H groups in total. The summed E-state index contributed by atoms with van der Waals surface area (Å²) in [6.45, 7) is 26.7. The number of rotatable bonds is 13. The minimum absolute atomic E-state index is 0.0229. The molecule has 1 aromatic carbocycles. The number of carbonyl (C=O) groups excluding carboxylic acids is 12. The van der Waals surface area contributed by atoms with Crippen molar-refractivity contribution < 1.29 is 91.1 Å². The van der Waals surface area contributed by atoms with Crippen LogP contribution in [0.4, 0.5) is 0 Å². The Bertz CT molecular complexity index is 2600. The molecule has 25 heteroatoms. The van der Waals surface area contributed by atoms with Gasteiger partial charge in [-0.15, -0.1) is 0 Å². The first-order valence-electron chi connectivity index (χ1n) is 31.3. The summed E-state index contributed by atoms with van der Waals surface area (Å²) in [6.07, 6.45) is -5.64. The zero-order chi connectivity index (χ0) is 67.3. The van der Waals surface area contributed by atoms with E-state index in [9.17, 15) is 62.6 Å². The van der Waals surface area contributed by atoms with Gasteiger partial charge in [-0.05, 0) is 105 Å². The smallest absolute Gasteiger partial charge is 0.329 e. The summed E-state index contributed by atoms with van der Waals surface area (Å²) >= 11 is 0. The van der Waals surface area contributed by atoms with Gasteiger partial charge in [0.05, 0.1) is 0 Å². The van der Waals surface area contributed by atoms with Gasteiger partial charge in [0.1, 0.15) is 42.0 Å². The van der Waals surface area contributed by atoms with E-state index >= 15 is 0 Å². The quantitative estimate of drug-likeness (QED) is 0.104. The number of carbonyl (C=O) groups is 12. The van der Waals surface area contributed by atoms with E-state index in [4.69, 9.17) is 28.4 Å². The second kappa shape index (κ2) is 35.7. The maximum absolute atomic E-state index is 14.5. The van der Waals surface area contributed by atoms with Gasteiger partial charge in [-0.1, -0.05) is 141 Å². The van der Waals surface area contributed by atoms with Gasteiger partial charge in [-0.25, -0.2) is 28.8 Å². The van der Waals surface area contributed by atoms with E-state index in [0.29, 0.717) is 18.4 Å². The molecule has 25 nitrogen and oxygen atoms in total. The summed E-state index contributed by atoms with van der Waals surface area (Å²) in [6, 6.07) is -2.92. The number of aromatic hydroxyl groups is 1. The Balaban J connectivity index is 2.17. The second-order valence-electron chi connectivity index (χ2n) is 26.1. The molecule has 1 aliphatic carbocycles. The molecular formula is C64H100N6O19. The molecule has 1 saturated carbocycles. The molecule has 500 valence electrons. The largest absolute Gasteiger partial charge is 0.508 e. The molecular weight excluding hydrogens is 1160 g/mol. The highest BCUT2D eigenvalue weighted by Gasteiger charge is 2.41. The van der Waals surface area contributed by atoms with Gasteiger partial charge in [-0.3, -0.25) is 28.8 Å². The van der Waals surface area contributed by atoms with Crippen molar-refractivity contribution in [1.29, 1.82) is 0 Å². The van der Waals surface area contributed by atoms with Crippen LogP contribution in [-0.4, -0.2) is 149 Å². The van der Waals surface area contributed by atoms with E-state index in [0.717, 1.165) is 19.3 Å². The van der Waals surface area contributed by atoms with E-state index in [2.05, 4.69) is 31.9 Å². The van der Waals surface area contributed by atoms with Crippen molar-refractivity contribution in [2.45, 2.75) is 248 Å². The monoisotopic (exact) mass is 1260 g/mol. The van der Waals surface area contributed by atoms with Crippen molar-refractivity contribution >= 4 is 71.3 Å². The van der Waals surface area contributed by atoms with E-state index in [-0.39, 0.29) is 49.2 Å². The van der Waals surface area contributed by atoms with Crippen LogP contribution in [0.25, 0.3) is 0 Å². The average Bonchev–Trinajstić information content (AvgIpc) is 2.16. The van der Waals surface area contributed by atoms with Crippen molar-refractivity contribution in [1.82, 2.24) is 31.9 Å². The van der Waals surface area contributed by atoms with Crippen LogP contribution in [0.15, 0.2) is 24.3 Å². The molecule has 1 heterocycles. The van der Waals surface area contributed by atoms with Crippen LogP contribution in [0.1, 0.15) is 175 Å². The Labute approximate surface area is 523 Å². The third-order valence-corrected chi connectivity index (χ3v) is 15.4. The Morgan fingerprint density at radius 3 is 1.00 bits per heavy atom. The number of hydrogen-bond donors (Lipinski definition) is 7. The van der Waals surface area contributed by atoms with E-state index in [1.165, 1.54) is 45.0 Å². The number of ether oxygens (including phenoxy) is 6. The summed E-state index contributed by atoms with van der Waals surface area (Å²) in [5, 5.41) is 25.6. The second-order valence-corrected chi connectivity index (χ2v) is 26.1. The molecule has 3 rings (SSSR count). The lowest BCUT2D eigenvalue weighted by molar-refractivity contribution is -0.166. The van der Waals surface area contributed by atoms with Crippen molar-refractivity contribution in [3.63, 3.8) is 0 Å². The summed E-state index contributed by atoms with van der Waals surface area (Å²) in [5.41, 5.74) is 0.435. The number of benzene rings is 1. The summed E-state index contributed by atoms with van der Waals surface area (Å²) < 4.78 is 34.4.